The van der Waals surface area contributed by atoms with Crippen molar-refractivity contribution in [3.05, 3.63) is 59.2 Å². The molecule has 1 N–H and O–H groups in total. The van der Waals surface area contributed by atoms with Gasteiger partial charge in [-0.2, -0.15) is 13.2 Å². The number of nitrogens with one attached hydrogen (secondary N) is 1. The molecule has 144 valence electrons. The number of carbonyl (C=O) groups excluding carboxylic acids is 2. The summed E-state index contributed by atoms with van der Waals surface area (Å²) in [4.78, 5) is 24.8. The smallest absolute Gasteiger partial charge is 0.416 e. The van der Waals surface area contributed by atoms with Crippen molar-refractivity contribution in [2.45, 2.75) is 37.3 Å². The standard InChI is InChI=1S/C19H18F3NO4/c1-18-9-8-13(27-18)14(19(20,21)22)15(18)16(24)23-12(17(25)26-2)10-11-6-4-3-5-7-11/h3-9,12-13H,10H2,1-2H3,(H,23,24). The highest BCUT2D eigenvalue weighted by Gasteiger charge is 2.56. The number of fused-ring (bicyclic) bond motifs is 2. The van der Waals surface area contributed by atoms with E-state index in [0.29, 0.717) is 0 Å². The highest BCUT2D eigenvalue weighted by atomic mass is 19.4. The summed E-state index contributed by atoms with van der Waals surface area (Å²) in [5.74, 6) is -1.74. The summed E-state index contributed by atoms with van der Waals surface area (Å²) in [6, 6.07) is 7.66. The average Bonchev–Trinajstić information content (AvgIpc) is 3.14. The Hall–Kier alpha value is -2.61. The normalized spacial score (nSPS) is 24.9. The van der Waals surface area contributed by atoms with Gasteiger partial charge in [0.2, 0.25) is 0 Å². The molecular formula is C19H18F3NO4. The molecule has 0 radical (unpaired) electrons. The monoisotopic (exact) mass is 381 g/mol. The van der Waals surface area contributed by atoms with Crippen LogP contribution in [0.4, 0.5) is 13.2 Å². The molecule has 2 aliphatic heterocycles. The fourth-order valence-corrected chi connectivity index (χ4v) is 3.39. The van der Waals surface area contributed by atoms with Gasteiger partial charge in [0.1, 0.15) is 17.7 Å². The number of hydrogen-bond donors (Lipinski definition) is 1. The van der Waals surface area contributed by atoms with E-state index >= 15 is 0 Å². The van der Waals surface area contributed by atoms with Gasteiger partial charge in [0, 0.05) is 6.42 Å². The molecule has 2 aliphatic rings. The summed E-state index contributed by atoms with van der Waals surface area (Å²) in [5.41, 5.74) is -2.31. The van der Waals surface area contributed by atoms with Crippen LogP contribution in [0.3, 0.4) is 0 Å². The summed E-state index contributed by atoms with van der Waals surface area (Å²) in [7, 11) is 1.15. The van der Waals surface area contributed by atoms with E-state index in [1.165, 1.54) is 19.1 Å². The number of methoxy groups -OCH3 is 1. The molecule has 2 heterocycles. The highest BCUT2D eigenvalue weighted by molar-refractivity contribution is 6.00. The third-order valence-corrected chi connectivity index (χ3v) is 4.62. The quantitative estimate of drug-likeness (QED) is 0.629. The second kappa shape index (κ2) is 6.84. The fraction of sp³-hybridized carbons (Fsp3) is 0.368. The Morgan fingerprint density at radius 2 is 1.96 bits per heavy atom. The van der Waals surface area contributed by atoms with E-state index in [2.05, 4.69) is 5.32 Å². The van der Waals surface area contributed by atoms with Gasteiger partial charge < -0.3 is 14.8 Å². The zero-order valence-electron chi connectivity index (χ0n) is 14.7. The Kier molecular flexibility index (Phi) is 4.86. The van der Waals surface area contributed by atoms with E-state index in [0.717, 1.165) is 12.7 Å². The van der Waals surface area contributed by atoms with Crippen molar-refractivity contribution in [2.24, 2.45) is 0 Å². The van der Waals surface area contributed by atoms with Crippen molar-refractivity contribution in [3.63, 3.8) is 0 Å². The first-order valence-corrected chi connectivity index (χ1v) is 8.27. The van der Waals surface area contributed by atoms with Crippen LogP contribution >= 0.6 is 0 Å². The van der Waals surface area contributed by atoms with Crippen molar-refractivity contribution in [2.75, 3.05) is 7.11 Å². The Bertz CT molecular complexity index is 816. The minimum atomic E-state index is -4.72. The average molecular weight is 381 g/mol. The Morgan fingerprint density at radius 3 is 2.56 bits per heavy atom. The summed E-state index contributed by atoms with van der Waals surface area (Å²) in [6.07, 6.45) is -3.25. The molecule has 0 aliphatic carbocycles. The van der Waals surface area contributed by atoms with Crippen LogP contribution in [0.1, 0.15) is 12.5 Å². The predicted octanol–water partition coefficient (Wildman–Crippen LogP) is 2.47. The maximum Gasteiger partial charge on any atom is 0.416 e. The zero-order chi connectivity index (χ0) is 19.8. The van der Waals surface area contributed by atoms with Gasteiger partial charge in [-0.15, -0.1) is 0 Å². The van der Waals surface area contributed by atoms with E-state index in [4.69, 9.17) is 9.47 Å². The lowest BCUT2D eigenvalue weighted by Gasteiger charge is -2.24. The largest absolute Gasteiger partial charge is 0.467 e. The number of hydrogen-bond acceptors (Lipinski definition) is 4. The van der Waals surface area contributed by atoms with Crippen molar-refractivity contribution < 1.29 is 32.2 Å². The summed E-state index contributed by atoms with van der Waals surface area (Å²) < 4.78 is 50.4. The Labute approximate surface area is 153 Å². The molecular weight excluding hydrogens is 363 g/mol. The minimum Gasteiger partial charge on any atom is -0.467 e. The van der Waals surface area contributed by atoms with Crippen LogP contribution in [0.2, 0.25) is 0 Å². The van der Waals surface area contributed by atoms with Crippen LogP contribution in [-0.2, 0) is 25.5 Å². The molecule has 27 heavy (non-hydrogen) atoms. The summed E-state index contributed by atoms with van der Waals surface area (Å²) >= 11 is 0. The van der Waals surface area contributed by atoms with Gasteiger partial charge >= 0.3 is 12.1 Å². The molecule has 1 amide bonds. The summed E-state index contributed by atoms with van der Waals surface area (Å²) in [6.45, 7) is 1.39. The fourth-order valence-electron chi connectivity index (χ4n) is 3.39. The molecule has 0 saturated carbocycles. The third-order valence-electron chi connectivity index (χ3n) is 4.62. The minimum absolute atomic E-state index is 0.0880. The van der Waals surface area contributed by atoms with E-state index in [-0.39, 0.29) is 6.42 Å². The molecule has 1 aromatic rings. The number of carbonyl (C=O) groups is 2. The first kappa shape index (κ1) is 19.2. The van der Waals surface area contributed by atoms with Crippen molar-refractivity contribution in [1.29, 1.82) is 0 Å². The summed E-state index contributed by atoms with van der Waals surface area (Å²) in [5, 5.41) is 2.39. The second-order valence-electron chi connectivity index (χ2n) is 6.53. The molecule has 3 unspecified atom stereocenters. The number of esters is 1. The first-order chi connectivity index (χ1) is 12.7. The van der Waals surface area contributed by atoms with Crippen molar-refractivity contribution >= 4 is 11.9 Å². The molecule has 1 aromatic carbocycles. The highest BCUT2D eigenvalue weighted by Crippen LogP contribution is 2.48. The number of ether oxygens (including phenoxy) is 2. The predicted molar refractivity (Wildman–Crippen MR) is 89.6 cm³/mol. The number of benzene rings is 1. The van der Waals surface area contributed by atoms with Crippen LogP contribution in [0.5, 0.6) is 0 Å². The molecule has 5 nitrogen and oxygen atoms in total. The molecule has 0 saturated heterocycles. The van der Waals surface area contributed by atoms with E-state index < -0.39 is 46.9 Å². The molecule has 0 spiro atoms. The van der Waals surface area contributed by atoms with E-state index in [1.807, 2.05) is 0 Å². The number of halogens is 3. The van der Waals surface area contributed by atoms with Gasteiger partial charge in [0.05, 0.1) is 18.3 Å². The zero-order valence-corrected chi connectivity index (χ0v) is 14.7. The van der Waals surface area contributed by atoms with Crippen molar-refractivity contribution in [1.82, 2.24) is 5.32 Å². The van der Waals surface area contributed by atoms with Gasteiger partial charge in [-0.3, -0.25) is 4.79 Å². The molecule has 3 atom stereocenters. The SMILES string of the molecule is COC(=O)C(Cc1ccccc1)NC(=O)C1=C(C(F)(F)F)C2C=CC1(C)O2. The lowest BCUT2D eigenvalue weighted by Crippen LogP contribution is -2.46. The number of amides is 1. The second-order valence-corrected chi connectivity index (χ2v) is 6.53. The molecule has 3 rings (SSSR count). The van der Waals surface area contributed by atoms with E-state index in [9.17, 15) is 22.8 Å². The first-order valence-electron chi connectivity index (χ1n) is 8.27. The maximum atomic E-state index is 13.5. The maximum absolute atomic E-state index is 13.5. The van der Waals surface area contributed by atoms with E-state index in [1.54, 1.807) is 30.3 Å². The lowest BCUT2D eigenvalue weighted by atomic mass is 9.87. The van der Waals surface area contributed by atoms with Gasteiger partial charge in [-0.1, -0.05) is 36.4 Å². The molecule has 2 bridgehead atoms. The Morgan fingerprint density at radius 1 is 1.30 bits per heavy atom. The Balaban J connectivity index is 1.89. The topological polar surface area (TPSA) is 64.6 Å². The lowest BCUT2D eigenvalue weighted by molar-refractivity contribution is -0.144. The van der Waals surface area contributed by atoms with Gasteiger partial charge in [0.15, 0.2) is 0 Å². The van der Waals surface area contributed by atoms with Gasteiger partial charge in [0.25, 0.3) is 5.91 Å². The number of rotatable bonds is 5. The van der Waals surface area contributed by atoms with Crippen LogP contribution in [0.15, 0.2) is 53.6 Å². The van der Waals surface area contributed by atoms with Crippen LogP contribution < -0.4 is 5.32 Å². The number of alkyl halides is 3. The third kappa shape index (κ3) is 3.62. The van der Waals surface area contributed by atoms with Gasteiger partial charge in [-0.25, -0.2) is 4.79 Å². The molecule has 0 fully saturated rings. The van der Waals surface area contributed by atoms with Crippen LogP contribution in [0.25, 0.3) is 0 Å². The van der Waals surface area contributed by atoms with Crippen LogP contribution in [0, 0.1) is 0 Å². The van der Waals surface area contributed by atoms with Crippen molar-refractivity contribution in [3.8, 4) is 0 Å². The molecule has 8 heteroatoms. The van der Waals surface area contributed by atoms with Gasteiger partial charge in [-0.05, 0) is 18.6 Å². The van der Waals surface area contributed by atoms with Crippen LogP contribution in [-0.4, -0.2) is 42.9 Å². The molecule has 0 aromatic heterocycles.